The topological polar surface area (TPSA) is 51.8 Å². The van der Waals surface area contributed by atoms with Crippen LogP contribution in [0, 0.1) is 23.0 Å². The van der Waals surface area contributed by atoms with Crippen molar-refractivity contribution in [2.24, 2.45) is 10.8 Å². The zero-order chi connectivity index (χ0) is 36.4. The fraction of sp³-hybridized carbons (Fsp3) is 0.413. The molecular formula is C46H55GeIrN3O-2. The van der Waals surface area contributed by atoms with Crippen LogP contribution in [0.25, 0.3) is 44.6 Å². The van der Waals surface area contributed by atoms with Crippen LogP contribution in [0.3, 0.4) is 0 Å². The van der Waals surface area contributed by atoms with E-state index >= 15 is 0 Å². The predicted molar refractivity (Wildman–Crippen MR) is 217 cm³/mol. The van der Waals surface area contributed by atoms with Crippen LogP contribution in [-0.2, 0) is 32.9 Å². The largest absolute Gasteiger partial charge is 0.486 e. The summed E-state index contributed by atoms with van der Waals surface area (Å²) in [7, 11) is 0. The molecule has 0 unspecified atom stereocenters. The third kappa shape index (κ3) is 10.3. The van der Waals surface area contributed by atoms with Gasteiger partial charge in [0.2, 0.25) is 5.71 Å². The monoisotopic (exact) mass is 932 g/mol. The molecule has 0 saturated heterocycles. The van der Waals surface area contributed by atoms with Crippen LogP contribution >= 0.6 is 0 Å². The van der Waals surface area contributed by atoms with Gasteiger partial charge >= 0.3 is 132 Å². The molecule has 6 heteroatoms. The maximum atomic E-state index is 6.05. The van der Waals surface area contributed by atoms with Crippen LogP contribution in [0.2, 0.25) is 17.3 Å². The molecular weight excluding hydrogens is 875 g/mol. The number of pyridine rings is 3. The first kappa shape index (κ1) is 40.1. The summed E-state index contributed by atoms with van der Waals surface area (Å²) < 4.78 is 7.59. The van der Waals surface area contributed by atoms with Crippen molar-refractivity contribution in [2.75, 3.05) is 0 Å². The van der Waals surface area contributed by atoms with Crippen molar-refractivity contribution in [3.05, 3.63) is 108 Å². The van der Waals surface area contributed by atoms with Gasteiger partial charge in [0.05, 0.1) is 5.58 Å². The minimum atomic E-state index is -1.90. The first-order valence-corrected chi connectivity index (χ1v) is 26.1. The molecule has 52 heavy (non-hydrogen) atoms. The summed E-state index contributed by atoms with van der Waals surface area (Å²) in [6, 6.07) is 29.9. The van der Waals surface area contributed by atoms with E-state index in [1.165, 1.54) is 47.6 Å². The molecule has 6 aromatic rings. The van der Waals surface area contributed by atoms with Crippen LogP contribution in [-0.4, -0.2) is 28.2 Å². The molecule has 0 atom stereocenters. The Kier molecular flexibility index (Phi) is 12.7. The Morgan fingerprint density at radius 3 is 2.17 bits per heavy atom. The van der Waals surface area contributed by atoms with Crippen LogP contribution in [0.1, 0.15) is 96.4 Å². The minimum absolute atomic E-state index is 0. The van der Waals surface area contributed by atoms with Gasteiger partial charge in [0.1, 0.15) is 0 Å². The van der Waals surface area contributed by atoms with Crippen LogP contribution in [0.15, 0.2) is 83.5 Å². The van der Waals surface area contributed by atoms with Gasteiger partial charge in [-0.15, -0.1) is 23.8 Å². The molecule has 0 amide bonds. The number of nitrogens with zero attached hydrogens (tertiary/aromatic N) is 3. The van der Waals surface area contributed by atoms with Crippen molar-refractivity contribution in [2.45, 2.75) is 110 Å². The molecule has 1 aliphatic rings. The van der Waals surface area contributed by atoms with Gasteiger partial charge in [-0.3, -0.25) is 0 Å². The van der Waals surface area contributed by atoms with Crippen molar-refractivity contribution in [3.8, 4) is 22.5 Å². The molecule has 1 saturated carbocycles. The van der Waals surface area contributed by atoms with Crippen LogP contribution in [0.4, 0.5) is 0 Å². The van der Waals surface area contributed by atoms with E-state index < -0.39 is 13.3 Å². The number of rotatable bonds is 6. The van der Waals surface area contributed by atoms with Gasteiger partial charge in [-0.25, -0.2) is 4.98 Å². The first-order chi connectivity index (χ1) is 24.1. The molecule has 7 rings (SSSR count). The van der Waals surface area contributed by atoms with Gasteiger partial charge in [-0.1, -0.05) is 57.0 Å². The van der Waals surface area contributed by atoms with Gasteiger partial charge in [-0.2, -0.15) is 0 Å². The van der Waals surface area contributed by atoms with E-state index in [-0.39, 0.29) is 25.5 Å². The van der Waals surface area contributed by atoms with Crippen molar-refractivity contribution in [1.29, 1.82) is 0 Å². The Hall–Kier alpha value is -3.12. The third-order valence-electron chi connectivity index (χ3n) is 9.68. The Balaban J connectivity index is 0.000000210. The Morgan fingerprint density at radius 1 is 0.769 bits per heavy atom. The summed E-state index contributed by atoms with van der Waals surface area (Å²) in [5.41, 5.74) is 10.1. The number of furan rings is 1. The summed E-state index contributed by atoms with van der Waals surface area (Å²) in [5, 5.41) is 2.14. The standard InChI is InChI=1S/C27H29N2O.C19H26GeN.Ir/c1-27(2,3)17-21-10-11-22-23-15-20(9-12-25(23)30-26(22)29-21)24-16-19(13-14-28-24)18-7-5-4-6-8-18;1-19(2,3)13-16-12-18(15-10-8-7-9-11-15)21-14-17(16)20(4,5)6;/h10-16,18H,4-8,17H2,1-3H3;7-10,12,14H,13H2,1-6H3;/q2*-1;. The molecule has 1 fully saturated rings. The Labute approximate surface area is 328 Å². The number of hydrogen-bond donors (Lipinski definition) is 0. The summed E-state index contributed by atoms with van der Waals surface area (Å²) in [4.78, 5) is 14.2. The molecule has 1 radical (unpaired) electrons. The summed E-state index contributed by atoms with van der Waals surface area (Å²) >= 11 is -1.90. The van der Waals surface area contributed by atoms with Gasteiger partial charge in [-0.05, 0) is 54.5 Å². The molecule has 4 aromatic heterocycles. The maximum Gasteiger partial charge on any atom is 0.216 e. The van der Waals surface area contributed by atoms with Crippen LogP contribution < -0.4 is 4.40 Å². The van der Waals surface area contributed by atoms with Gasteiger partial charge < -0.3 is 9.40 Å². The zero-order valence-corrected chi connectivity index (χ0v) is 37.1. The fourth-order valence-corrected chi connectivity index (χ4v) is 10.6. The molecule has 0 N–H and O–H groups in total. The number of fused-ring (bicyclic) bond motifs is 3. The molecule has 275 valence electrons. The quantitative estimate of drug-likeness (QED) is 0.123. The summed E-state index contributed by atoms with van der Waals surface area (Å²) in [6.07, 6.45) is 12.8. The Bertz CT molecular complexity index is 2100. The molecule has 1 aliphatic carbocycles. The second-order valence-corrected chi connectivity index (χ2v) is 28.5. The van der Waals surface area contributed by atoms with E-state index in [4.69, 9.17) is 14.4 Å². The van der Waals surface area contributed by atoms with Crippen molar-refractivity contribution >= 4 is 39.7 Å². The smallest absolute Gasteiger partial charge is 0.216 e. The molecule has 0 aliphatic heterocycles. The maximum absolute atomic E-state index is 6.05. The third-order valence-corrected chi connectivity index (χ3v) is 14.0. The molecule has 4 heterocycles. The average molecular weight is 931 g/mol. The van der Waals surface area contributed by atoms with Crippen molar-refractivity contribution in [3.63, 3.8) is 0 Å². The van der Waals surface area contributed by atoms with Crippen molar-refractivity contribution in [1.82, 2.24) is 15.0 Å². The number of hydrogen-bond acceptors (Lipinski definition) is 4. The number of benzene rings is 2. The zero-order valence-electron chi connectivity index (χ0n) is 32.6. The summed E-state index contributed by atoms with van der Waals surface area (Å²) in [5.74, 6) is 8.00. The molecule has 4 nitrogen and oxygen atoms in total. The van der Waals surface area contributed by atoms with E-state index in [1.807, 2.05) is 30.5 Å². The second kappa shape index (κ2) is 16.5. The average Bonchev–Trinajstić information content (AvgIpc) is 3.44. The van der Waals surface area contributed by atoms with E-state index in [0.29, 0.717) is 17.0 Å². The second-order valence-electron chi connectivity index (χ2n) is 17.9. The number of aromatic nitrogens is 3. The fourth-order valence-electron chi connectivity index (χ4n) is 7.30. The summed E-state index contributed by atoms with van der Waals surface area (Å²) in [6.45, 7) is 13.6. The van der Waals surface area contributed by atoms with Crippen LogP contribution in [0.5, 0.6) is 0 Å². The van der Waals surface area contributed by atoms with Gasteiger partial charge in [0.25, 0.3) is 0 Å². The molecule has 0 spiro atoms. The SMILES string of the molecule is CC(C)(C)Cc1cc(-c2[c-]cccc2)nc[c]1[Ge]([CH3])([CH3])[CH3].CC(C)(C)Cc1ccc2c(n1)oc1c[c-]c(-c3cc(C4CCCCC4)ccn3)cc12.[Ir]. The van der Waals surface area contributed by atoms with Gasteiger partial charge in [0, 0.05) is 37.4 Å². The van der Waals surface area contributed by atoms with Crippen molar-refractivity contribution < 1.29 is 24.5 Å². The van der Waals surface area contributed by atoms with E-state index in [2.05, 4.69) is 125 Å². The minimum Gasteiger partial charge on any atom is -0.486 e. The van der Waals surface area contributed by atoms with E-state index in [9.17, 15) is 0 Å². The predicted octanol–water partition coefficient (Wildman–Crippen LogP) is 12.2. The molecule has 0 bridgehead atoms. The van der Waals surface area contributed by atoms with Gasteiger partial charge in [0.15, 0.2) is 0 Å². The van der Waals surface area contributed by atoms with E-state index in [0.717, 1.165) is 57.4 Å². The van der Waals surface area contributed by atoms with E-state index in [1.54, 1.807) is 0 Å². The molecule has 2 aromatic carbocycles. The first-order valence-electron chi connectivity index (χ1n) is 18.8. The normalized spacial score (nSPS) is 14.2. The Morgan fingerprint density at radius 2 is 1.50 bits per heavy atom.